The van der Waals surface area contributed by atoms with Gasteiger partial charge in [-0.1, -0.05) is 0 Å². The molecule has 0 fully saturated rings. The van der Waals surface area contributed by atoms with Crippen molar-refractivity contribution in [2.75, 3.05) is 0 Å². The number of nitrogens with zero attached hydrogens (tertiary/aromatic N) is 3. The lowest BCUT2D eigenvalue weighted by Crippen LogP contribution is -2.24. The molecule has 0 aromatic carbocycles. The Morgan fingerprint density at radius 1 is 1.44 bits per heavy atom. The van der Waals surface area contributed by atoms with Crippen LogP contribution in [0, 0.1) is 10.1 Å². The molecule has 2 N–H and O–H groups in total. The Morgan fingerprint density at radius 3 is 2.75 bits per heavy atom. The number of hydrogen-bond donors (Lipinski definition) is 2. The van der Waals surface area contributed by atoms with E-state index in [1.54, 1.807) is 0 Å². The molecule has 16 heavy (non-hydrogen) atoms. The smallest absolute Gasteiger partial charge is 0.358 e. The van der Waals surface area contributed by atoms with Crippen molar-refractivity contribution in [2.24, 2.45) is 0 Å². The van der Waals surface area contributed by atoms with E-state index >= 15 is 0 Å². The highest BCUT2D eigenvalue weighted by molar-refractivity contribution is 5.28. The predicted octanol–water partition coefficient (Wildman–Crippen LogP) is -0.843. The first-order valence-electron chi connectivity index (χ1n) is 4.08. The molecule has 9 heteroatoms. The second-order valence-corrected chi connectivity index (χ2v) is 2.85. The molecule has 0 aliphatic rings. The van der Waals surface area contributed by atoms with Gasteiger partial charge in [-0.25, -0.2) is 4.79 Å². The molecule has 0 amide bonds. The fourth-order valence-corrected chi connectivity index (χ4v) is 1.13. The van der Waals surface area contributed by atoms with Crippen LogP contribution in [0.25, 0.3) is 5.69 Å². The number of aromatic amines is 2. The summed E-state index contributed by atoms with van der Waals surface area (Å²) in [6.07, 6.45) is 3.33. The van der Waals surface area contributed by atoms with Gasteiger partial charge < -0.3 is 15.1 Å². The molecule has 0 aliphatic carbocycles. The topological polar surface area (TPSA) is 127 Å². The van der Waals surface area contributed by atoms with Gasteiger partial charge in [-0.15, -0.1) is 0 Å². The van der Waals surface area contributed by atoms with Crippen LogP contribution in [0.4, 0.5) is 5.82 Å². The van der Waals surface area contributed by atoms with E-state index in [0.29, 0.717) is 0 Å². The first-order valence-corrected chi connectivity index (χ1v) is 4.08. The number of aromatic nitrogens is 4. The van der Waals surface area contributed by atoms with Crippen molar-refractivity contribution in [3.8, 4) is 5.69 Å². The number of nitrogens with one attached hydrogen (secondary N) is 2. The minimum Gasteiger partial charge on any atom is -0.358 e. The molecule has 0 saturated carbocycles. The Hall–Kier alpha value is -2.71. The zero-order valence-corrected chi connectivity index (χ0v) is 7.71. The molecule has 2 aromatic heterocycles. The van der Waals surface area contributed by atoms with Gasteiger partial charge in [0.1, 0.15) is 11.9 Å². The Bertz CT molecular complexity index is 651. The van der Waals surface area contributed by atoms with Gasteiger partial charge in [0.25, 0.3) is 5.56 Å². The molecule has 0 bridgehead atoms. The predicted molar refractivity (Wildman–Crippen MR) is 51.5 cm³/mol. The molecule has 2 rings (SSSR count). The molecular formula is C7H5N5O4. The van der Waals surface area contributed by atoms with E-state index in [-0.39, 0.29) is 11.5 Å². The third-order valence-electron chi connectivity index (χ3n) is 1.83. The van der Waals surface area contributed by atoms with Crippen LogP contribution in [0.3, 0.4) is 0 Å². The first-order chi connectivity index (χ1) is 7.58. The van der Waals surface area contributed by atoms with Crippen LogP contribution in [0.5, 0.6) is 0 Å². The molecule has 0 unspecified atom stereocenters. The van der Waals surface area contributed by atoms with Gasteiger partial charge in [-0.3, -0.25) is 14.3 Å². The third-order valence-corrected chi connectivity index (χ3v) is 1.83. The second-order valence-electron chi connectivity index (χ2n) is 2.85. The van der Waals surface area contributed by atoms with Gasteiger partial charge in [0.05, 0.1) is 0 Å². The number of hydrogen-bond acceptors (Lipinski definition) is 5. The number of nitro groups is 1. The van der Waals surface area contributed by atoms with Crippen molar-refractivity contribution in [2.45, 2.75) is 0 Å². The van der Waals surface area contributed by atoms with E-state index in [1.165, 1.54) is 0 Å². The highest BCUT2D eigenvalue weighted by atomic mass is 16.6. The first kappa shape index (κ1) is 9.83. The molecular weight excluding hydrogens is 218 g/mol. The molecule has 9 nitrogen and oxygen atoms in total. The Morgan fingerprint density at radius 2 is 2.19 bits per heavy atom. The third kappa shape index (κ3) is 1.61. The minimum absolute atomic E-state index is 0.0419. The second kappa shape index (κ2) is 3.46. The monoisotopic (exact) mass is 223 g/mol. The number of imidazole rings is 1. The maximum absolute atomic E-state index is 11.3. The summed E-state index contributed by atoms with van der Waals surface area (Å²) < 4.78 is 1.15. The Kier molecular flexibility index (Phi) is 2.12. The van der Waals surface area contributed by atoms with Crippen LogP contribution in [-0.2, 0) is 0 Å². The van der Waals surface area contributed by atoms with Crippen molar-refractivity contribution in [1.29, 1.82) is 0 Å². The van der Waals surface area contributed by atoms with Crippen molar-refractivity contribution >= 4 is 5.82 Å². The van der Waals surface area contributed by atoms with E-state index < -0.39 is 16.2 Å². The van der Waals surface area contributed by atoms with Gasteiger partial charge >= 0.3 is 11.5 Å². The highest BCUT2D eigenvalue weighted by Crippen LogP contribution is 2.08. The molecule has 82 valence electrons. The van der Waals surface area contributed by atoms with Crippen LogP contribution in [0.2, 0.25) is 0 Å². The van der Waals surface area contributed by atoms with Gasteiger partial charge in [-0.2, -0.15) is 0 Å². The number of H-pyrrole nitrogens is 2. The van der Waals surface area contributed by atoms with Gasteiger partial charge in [-0.05, 0) is 9.91 Å². The Labute approximate surface area is 86.5 Å². The molecule has 0 aliphatic heterocycles. The fourth-order valence-electron chi connectivity index (χ4n) is 1.13. The van der Waals surface area contributed by atoms with Crippen LogP contribution < -0.4 is 11.2 Å². The lowest BCUT2D eigenvalue weighted by molar-refractivity contribution is -0.389. The molecule has 0 atom stereocenters. The van der Waals surface area contributed by atoms with Crippen LogP contribution >= 0.6 is 0 Å². The summed E-state index contributed by atoms with van der Waals surface area (Å²) in [5.74, 6) is -0.384. The van der Waals surface area contributed by atoms with Crippen molar-refractivity contribution in [3.63, 3.8) is 0 Å². The largest absolute Gasteiger partial charge is 0.381 e. The summed E-state index contributed by atoms with van der Waals surface area (Å²) in [5.41, 5.74) is -1.26. The standard InChI is InChI=1S/C7H5N5O4/c13-6-4(1-8-7(14)10-6)11-2-5(9-3-11)12(15)16/h1-3H,(H2,8,10,13,14). The van der Waals surface area contributed by atoms with Gasteiger partial charge in [0, 0.05) is 6.20 Å². The molecule has 0 spiro atoms. The summed E-state index contributed by atoms with van der Waals surface area (Å²) >= 11 is 0. The van der Waals surface area contributed by atoms with E-state index in [4.69, 9.17) is 0 Å². The van der Waals surface area contributed by atoms with E-state index in [1.807, 2.05) is 4.98 Å². The molecule has 2 heterocycles. The summed E-state index contributed by atoms with van der Waals surface area (Å²) in [6.45, 7) is 0. The highest BCUT2D eigenvalue weighted by Gasteiger charge is 2.12. The van der Waals surface area contributed by atoms with E-state index in [2.05, 4.69) is 9.97 Å². The average molecular weight is 223 g/mol. The quantitative estimate of drug-likeness (QED) is 0.506. The molecule has 0 saturated heterocycles. The summed E-state index contributed by atoms with van der Waals surface area (Å²) in [4.78, 5) is 39.5. The fraction of sp³-hybridized carbons (Fsp3) is 0. The van der Waals surface area contributed by atoms with E-state index in [0.717, 1.165) is 23.3 Å². The number of rotatable bonds is 2. The summed E-state index contributed by atoms with van der Waals surface area (Å²) in [7, 11) is 0. The van der Waals surface area contributed by atoms with Gasteiger partial charge in [0.15, 0.2) is 0 Å². The summed E-state index contributed by atoms with van der Waals surface area (Å²) in [6, 6.07) is 0. The normalized spacial score (nSPS) is 10.2. The van der Waals surface area contributed by atoms with E-state index in [9.17, 15) is 19.7 Å². The van der Waals surface area contributed by atoms with Crippen LogP contribution in [-0.4, -0.2) is 24.4 Å². The maximum atomic E-state index is 11.3. The van der Waals surface area contributed by atoms with Gasteiger partial charge in [0.2, 0.25) is 6.33 Å². The maximum Gasteiger partial charge on any atom is 0.381 e. The van der Waals surface area contributed by atoms with Crippen LogP contribution in [0.15, 0.2) is 28.3 Å². The lowest BCUT2D eigenvalue weighted by atomic mass is 10.5. The molecule has 0 radical (unpaired) electrons. The summed E-state index contributed by atoms with van der Waals surface area (Å²) in [5, 5.41) is 10.4. The van der Waals surface area contributed by atoms with Crippen LogP contribution in [0.1, 0.15) is 0 Å². The molecule has 2 aromatic rings. The zero-order chi connectivity index (χ0) is 11.7. The minimum atomic E-state index is -0.684. The Balaban J connectivity index is 2.55. The van der Waals surface area contributed by atoms with Crippen molar-refractivity contribution < 1.29 is 4.92 Å². The lowest BCUT2D eigenvalue weighted by Gasteiger charge is -1.95. The van der Waals surface area contributed by atoms with Crippen molar-refractivity contribution in [3.05, 3.63) is 49.7 Å². The average Bonchev–Trinajstić information content (AvgIpc) is 2.66. The SMILES string of the molecule is O=c1[nH]cc(-n2cnc([N+](=O)[O-])c2)c(=O)[nH]1. The van der Waals surface area contributed by atoms with Crippen molar-refractivity contribution in [1.82, 2.24) is 19.5 Å². The zero-order valence-electron chi connectivity index (χ0n) is 7.71.